The van der Waals surface area contributed by atoms with Crippen LogP contribution in [0.15, 0.2) is 36.4 Å². The Hall–Kier alpha value is -3.37. The number of fused-ring (bicyclic) bond motifs is 3. The van der Waals surface area contributed by atoms with Gasteiger partial charge in [0.25, 0.3) is 0 Å². The Labute approximate surface area is 255 Å². The number of rotatable bonds is 12. The smallest absolute Gasteiger partial charge is 0.508 e. The molecule has 0 aliphatic heterocycles. The lowest BCUT2D eigenvalue weighted by Crippen LogP contribution is -2.47. The van der Waals surface area contributed by atoms with Crippen LogP contribution in [0.4, 0.5) is 5.82 Å². The number of phenolic OH excluding ortho intramolecular Hbond substituents is 1. The van der Waals surface area contributed by atoms with Gasteiger partial charge in [0, 0.05) is 22.9 Å². The van der Waals surface area contributed by atoms with E-state index in [2.05, 4.69) is 26.1 Å². The SMILES string of the molecule is CCCCc1nc2c(N)nc3cc(C(C)(C)CC(C)(C)NC(=O)CCl)ccc3c2n1Cc1cc(O)ccc1OP(=O)(O)O. The van der Waals surface area contributed by atoms with Gasteiger partial charge in [-0.3, -0.25) is 14.6 Å². The van der Waals surface area contributed by atoms with Crippen molar-refractivity contribution < 1.29 is 28.8 Å². The van der Waals surface area contributed by atoms with Gasteiger partial charge in [0.1, 0.15) is 28.7 Å². The molecule has 0 aliphatic rings. The van der Waals surface area contributed by atoms with E-state index in [-0.39, 0.29) is 41.1 Å². The fraction of sp³-hybridized carbons (Fsp3) is 0.433. The number of phosphoric acid groups is 1. The van der Waals surface area contributed by atoms with E-state index in [4.69, 9.17) is 31.8 Å². The van der Waals surface area contributed by atoms with Crippen LogP contribution in [0.1, 0.15) is 70.8 Å². The fourth-order valence-corrected chi connectivity index (χ4v) is 6.31. The Balaban J connectivity index is 1.86. The Morgan fingerprint density at radius 2 is 1.86 bits per heavy atom. The van der Waals surface area contributed by atoms with E-state index in [0.29, 0.717) is 29.4 Å². The number of amides is 1. The van der Waals surface area contributed by atoms with Gasteiger partial charge < -0.3 is 25.2 Å². The second kappa shape index (κ2) is 12.3. The minimum Gasteiger partial charge on any atom is -0.508 e. The Morgan fingerprint density at radius 3 is 2.51 bits per heavy atom. The lowest BCUT2D eigenvalue weighted by molar-refractivity contribution is -0.120. The van der Waals surface area contributed by atoms with Crippen LogP contribution in [0.25, 0.3) is 21.9 Å². The molecule has 232 valence electrons. The van der Waals surface area contributed by atoms with Crippen LogP contribution in [0, 0.1) is 0 Å². The van der Waals surface area contributed by atoms with E-state index in [1.165, 1.54) is 18.2 Å². The molecule has 4 rings (SSSR count). The van der Waals surface area contributed by atoms with Gasteiger partial charge in [-0.25, -0.2) is 14.5 Å². The summed E-state index contributed by atoms with van der Waals surface area (Å²) in [5.74, 6) is 0.522. The third-order valence-electron chi connectivity index (χ3n) is 7.39. The zero-order valence-electron chi connectivity index (χ0n) is 25.0. The highest BCUT2D eigenvalue weighted by atomic mass is 35.5. The van der Waals surface area contributed by atoms with Crippen molar-refractivity contribution in [2.24, 2.45) is 0 Å². The molecule has 1 amide bonds. The zero-order chi connectivity index (χ0) is 31.7. The maximum atomic E-state index is 12.0. The van der Waals surface area contributed by atoms with Crippen molar-refractivity contribution in [1.29, 1.82) is 0 Å². The van der Waals surface area contributed by atoms with Gasteiger partial charge in [-0.05, 0) is 61.9 Å². The number of phenols is 1. The number of nitrogens with zero attached hydrogens (tertiary/aromatic N) is 3. The predicted octanol–water partition coefficient (Wildman–Crippen LogP) is 5.54. The molecule has 0 saturated carbocycles. The summed E-state index contributed by atoms with van der Waals surface area (Å²) in [4.78, 5) is 40.5. The topological polar surface area (TPSA) is 173 Å². The molecule has 43 heavy (non-hydrogen) atoms. The van der Waals surface area contributed by atoms with Gasteiger partial charge in [-0.15, -0.1) is 11.6 Å². The van der Waals surface area contributed by atoms with Gasteiger partial charge in [0.05, 0.1) is 17.6 Å². The van der Waals surface area contributed by atoms with Crippen molar-refractivity contribution in [2.75, 3.05) is 11.6 Å². The first-order valence-corrected chi connectivity index (χ1v) is 16.1. The number of aromatic hydroxyl groups is 1. The second-order valence-corrected chi connectivity index (χ2v) is 13.6. The Kier molecular flexibility index (Phi) is 9.32. The molecule has 0 fully saturated rings. The van der Waals surface area contributed by atoms with E-state index in [0.717, 1.165) is 35.1 Å². The second-order valence-electron chi connectivity index (χ2n) is 12.1. The number of anilines is 1. The van der Waals surface area contributed by atoms with E-state index >= 15 is 0 Å². The quantitative estimate of drug-likeness (QED) is 0.0994. The molecule has 0 atom stereocenters. The summed E-state index contributed by atoms with van der Waals surface area (Å²) < 4.78 is 18.6. The number of imidazole rings is 1. The number of aryl methyl sites for hydroxylation is 1. The number of aromatic nitrogens is 3. The van der Waals surface area contributed by atoms with Crippen molar-refractivity contribution in [3.63, 3.8) is 0 Å². The summed E-state index contributed by atoms with van der Waals surface area (Å²) in [6.07, 6.45) is 3.05. The van der Waals surface area contributed by atoms with Crippen molar-refractivity contribution in [3.8, 4) is 11.5 Å². The van der Waals surface area contributed by atoms with E-state index in [1.807, 2.05) is 36.6 Å². The molecule has 2 heterocycles. The van der Waals surface area contributed by atoms with Gasteiger partial charge in [0.2, 0.25) is 5.91 Å². The molecule has 11 nitrogen and oxygen atoms in total. The highest BCUT2D eigenvalue weighted by Crippen LogP contribution is 2.41. The number of carbonyl (C=O) groups excluding carboxylic acids is 1. The van der Waals surface area contributed by atoms with Crippen LogP contribution in [-0.4, -0.2) is 46.8 Å². The molecule has 0 radical (unpaired) electrons. The molecule has 13 heteroatoms. The normalized spacial score (nSPS) is 12.7. The van der Waals surface area contributed by atoms with Gasteiger partial charge in [-0.1, -0.05) is 39.3 Å². The van der Waals surface area contributed by atoms with Crippen LogP contribution in [0.5, 0.6) is 11.5 Å². The number of nitrogen functional groups attached to an aromatic ring is 1. The van der Waals surface area contributed by atoms with Gasteiger partial charge in [-0.2, -0.15) is 0 Å². The van der Waals surface area contributed by atoms with Crippen LogP contribution in [0.3, 0.4) is 0 Å². The standard InChI is InChI=1S/C30H39ClN5O6P/c1-6-7-8-24-34-26-27(36(24)16-18-13-20(37)10-12-23(18)42-43(39,40)41)21-11-9-19(14-22(21)33-28(26)32)29(2,3)17-30(4,5)35-25(38)15-31/h9-14,37H,6-8,15-17H2,1-5H3,(H2,32,33)(H,35,38)(H2,39,40,41). The number of phosphoric ester groups is 1. The predicted molar refractivity (Wildman–Crippen MR) is 169 cm³/mol. The molecule has 2 aromatic carbocycles. The molecular weight excluding hydrogens is 593 g/mol. The number of nitrogens with two attached hydrogens (primary N) is 1. The average molecular weight is 632 g/mol. The summed E-state index contributed by atoms with van der Waals surface area (Å²) in [6.45, 7) is 10.3. The minimum atomic E-state index is -4.86. The van der Waals surface area contributed by atoms with Crippen LogP contribution >= 0.6 is 19.4 Å². The number of halogens is 1. The molecule has 0 aliphatic carbocycles. The molecule has 6 N–H and O–H groups in total. The summed E-state index contributed by atoms with van der Waals surface area (Å²) in [7, 11) is -4.86. The van der Waals surface area contributed by atoms with Gasteiger partial charge in [0.15, 0.2) is 5.82 Å². The summed E-state index contributed by atoms with van der Waals surface area (Å²) in [5, 5.41) is 14.0. The molecule has 0 spiro atoms. The van der Waals surface area contributed by atoms with E-state index in [1.54, 1.807) is 0 Å². The number of alkyl halides is 1. The third kappa shape index (κ3) is 7.59. The average Bonchev–Trinajstić information content (AvgIpc) is 3.25. The van der Waals surface area contributed by atoms with Gasteiger partial charge >= 0.3 is 7.82 Å². The van der Waals surface area contributed by atoms with Crippen molar-refractivity contribution in [1.82, 2.24) is 19.9 Å². The first-order chi connectivity index (χ1) is 20.0. The van der Waals surface area contributed by atoms with Crippen molar-refractivity contribution >= 4 is 53.1 Å². The molecule has 4 aromatic rings. The molecule has 0 saturated heterocycles. The molecule has 0 unspecified atom stereocenters. The largest absolute Gasteiger partial charge is 0.524 e. The first-order valence-electron chi connectivity index (χ1n) is 14.1. The lowest BCUT2D eigenvalue weighted by atomic mass is 9.75. The minimum absolute atomic E-state index is 0.0475. The summed E-state index contributed by atoms with van der Waals surface area (Å²) in [5.41, 5.74) is 8.88. The maximum absolute atomic E-state index is 12.0. The number of benzene rings is 2. The summed E-state index contributed by atoms with van der Waals surface area (Å²) in [6, 6.07) is 10.0. The number of hydrogen-bond acceptors (Lipinski definition) is 7. The van der Waals surface area contributed by atoms with Crippen molar-refractivity contribution in [3.05, 3.63) is 53.3 Å². The number of pyridine rings is 1. The molecule has 0 bridgehead atoms. The maximum Gasteiger partial charge on any atom is 0.524 e. The van der Waals surface area contributed by atoms with Crippen LogP contribution in [0.2, 0.25) is 0 Å². The fourth-order valence-electron chi connectivity index (χ4n) is 5.81. The zero-order valence-corrected chi connectivity index (χ0v) is 26.7. The molecule has 2 aromatic heterocycles. The Morgan fingerprint density at radius 1 is 1.14 bits per heavy atom. The number of nitrogens with one attached hydrogen (secondary N) is 1. The lowest BCUT2D eigenvalue weighted by Gasteiger charge is -2.36. The Bertz CT molecular complexity index is 1710. The highest BCUT2D eigenvalue weighted by molar-refractivity contribution is 7.46. The third-order valence-corrected chi connectivity index (χ3v) is 8.07. The van der Waals surface area contributed by atoms with Crippen molar-refractivity contribution in [2.45, 2.75) is 77.8 Å². The number of unbranched alkanes of at least 4 members (excludes halogenated alkanes) is 1. The van der Waals surface area contributed by atoms with E-state index < -0.39 is 13.4 Å². The van der Waals surface area contributed by atoms with Crippen LogP contribution in [-0.2, 0) is 27.7 Å². The van der Waals surface area contributed by atoms with E-state index in [9.17, 15) is 24.3 Å². The van der Waals surface area contributed by atoms with Crippen LogP contribution < -0.4 is 15.6 Å². The number of carbonyl (C=O) groups is 1. The first kappa shape index (κ1) is 32.5. The number of hydrogen-bond donors (Lipinski definition) is 5. The molecular formula is C30H39ClN5O6P. The summed E-state index contributed by atoms with van der Waals surface area (Å²) >= 11 is 5.72. The monoisotopic (exact) mass is 631 g/mol. The highest BCUT2D eigenvalue weighted by Gasteiger charge is 2.32.